The summed E-state index contributed by atoms with van der Waals surface area (Å²) in [7, 11) is 0. The number of aliphatic carboxylic acids is 1. The highest BCUT2D eigenvalue weighted by atomic mass is 16.4. The lowest BCUT2D eigenvalue weighted by Crippen LogP contribution is -2.54. The lowest BCUT2D eigenvalue weighted by Gasteiger charge is -2.27. The van der Waals surface area contributed by atoms with Gasteiger partial charge >= 0.3 is 5.97 Å². The maximum atomic E-state index is 12.9. The van der Waals surface area contributed by atoms with Gasteiger partial charge in [0.15, 0.2) is 0 Å². The molecule has 1 saturated heterocycles. The SMILES string of the molecule is NCC(=O)NCC(=O)N[C@@H](Cc1ccccc1)C(=O)N1CCC[C@H]1C(=O)O. The molecule has 0 bridgehead atoms. The third-order valence-electron chi connectivity index (χ3n) is 4.37. The zero-order valence-corrected chi connectivity index (χ0v) is 14.9. The minimum absolute atomic E-state index is 0.221. The van der Waals surface area contributed by atoms with Crippen LogP contribution in [0.3, 0.4) is 0 Å². The Hall–Kier alpha value is -2.94. The summed E-state index contributed by atoms with van der Waals surface area (Å²) in [4.78, 5) is 49.0. The van der Waals surface area contributed by atoms with Gasteiger partial charge in [0.05, 0.1) is 13.1 Å². The maximum absolute atomic E-state index is 12.9. The number of benzene rings is 1. The van der Waals surface area contributed by atoms with Gasteiger partial charge in [-0.2, -0.15) is 0 Å². The van der Waals surface area contributed by atoms with E-state index in [1.54, 1.807) is 0 Å². The Balaban J connectivity index is 2.11. The van der Waals surface area contributed by atoms with E-state index in [2.05, 4.69) is 10.6 Å². The monoisotopic (exact) mass is 376 g/mol. The van der Waals surface area contributed by atoms with E-state index in [1.165, 1.54) is 4.90 Å². The van der Waals surface area contributed by atoms with Crippen LogP contribution in [0, 0.1) is 0 Å². The van der Waals surface area contributed by atoms with Gasteiger partial charge in [0.2, 0.25) is 17.7 Å². The summed E-state index contributed by atoms with van der Waals surface area (Å²) in [5.41, 5.74) is 6.00. The molecule has 0 saturated carbocycles. The Kier molecular flexibility index (Phi) is 7.30. The fourth-order valence-electron chi connectivity index (χ4n) is 3.03. The minimum atomic E-state index is -1.05. The molecule has 27 heavy (non-hydrogen) atoms. The molecule has 0 spiro atoms. The van der Waals surface area contributed by atoms with E-state index in [4.69, 9.17) is 5.73 Å². The van der Waals surface area contributed by atoms with Crippen LogP contribution in [0.25, 0.3) is 0 Å². The van der Waals surface area contributed by atoms with Crippen molar-refractivity contribution in [1.82, 2.24) is 15.5 Å². The summed E-state index contributed by atoms with van der Waals surface area (Å²) in [6.45, 7) is -0.217. The van der Waals surface area contributed by atoms with Gasteiger partial charge in [0.25, 0.3) is 0 Å². The summed E-state index contributed by atoms with van der Waals surface area (Å²) in [6.07, 6.45) is 1.21. The quantitative estimate of drug-likeness (QED) is 0.452. The van der Waals surface area contributed by atoms with E-state index in [9.17, 15) is 24.3 Å². The van der Waals surface area contributed by atoms with E-state index in [-0.39, 0.29) is 19.5 Å². The topological polar surface area (TPSA) is 142 Å². The molecule has 0 radical (unpaired) electrons. The molecule has 5 N–H and O–H groups in total. The molecule has 9 heteroatoms. The normalized spacial score (nSPS) is 17.2. The molecule has 0 aromatic heterocycles. The van der Waals surface area contributed by atoms with E-state index in [1.807, 2.05) is 30.3 Å². The molecule has 1 aliphatic rings. The van der Waals surface area contributed by atoms with Crippen LogP contribution in [0.2, 0.25) is 0 Å². The molecule has 1 aromatic rings. The Labute approximate surface area is 156 Å². The Morgan fingerprint density at radius 1 is 1.19 bits per heavy atom. The molecule has 0 unspecified atom stereocenters. The number of rotatable bonds is 8. The average molecular weight is 376 g/mol. The highest BCUT2D eigenvalue weighted by Gasteiger charge is 2.37. The second-order valence-electron chi connectivity index (χ2n) is 6.32. The number of likely N-dealkylation sites (tertiary alicyclic amines) is 1. The van der Waals surface area contributed by atoms with Crippen LogP contribution in [-0.2, 0) is 25.6 Å². The highest BCUT2D eigenvalue weighted by Crippen LogP contribution is 2.19. The molecule has 1 heterocycles. The second-order valence-corrected chi connectivity index (χ2v) is 6.32. The third kappa shape index (κ3) is 5.78. The average Bonchev–Trinajstić information content (AvgIpc) is 3.16. The fourth-order valence-corrected chi connectivity index (χ4v) is 3.03. The Morgan fingerprint density at radius 2 is 1.89 bits per heavy atom. The van der Waals surface area contributed by atoms with Gasteiger partial charge in [-0.1, -0.05) is 30.3 Å². The molecule has 9 nitrogen and oxygen atoms in total. The van der Waals surface area contributed by atoms with Crippen molar-refractivity contribution in [1.29, 1.82) is 0 Å². The highest BCUT2D eigenvalue weighted by molar-refractivity contribution is 5.92. The van der Waals surface area contributed by atoms with Gasteiger partial charge in [0, 0.05) is 13.0 Å². The Morgan fingerprint density at radius 3 is 2.52 bits per heavy atom. The van der Waals surface area contributed by atoms with Crippen LogP contribution >= 0.6 is 0 Å². The zero-order valence-electron chi connectivity index (χ0n) is 14.9. The van der Waals surface area contributed by atoms with Crippen molar-refractivity contribution in [3.63, 3.8) is 0 Å². The number of carbonyl (C=O) groups excluding carboxylic acids is 3. The molecule has 3 amide bonds. The predicted octanol–water partition coefficient (Wildman–Crippen LogP) is -1.14. The summed E-state index contributed by atoms with van der Waals surface area (Å²) >= 11 is 0. The largest absolute Gasteiger partial charge is 0.480 e. The zero-order chi connectivity index (χ0) is 19.8. The molecule has 1 aliphatic heterocycles. The van der Waals surface area contributed by atoms with Crippen LogP contribution < -0.4 is 16.4 Å². The molecule has 146 valence electrons. The molecular formula is C18H24N4O5. The van der Waals surface area contributed by atoms with E-state index in [0.29, 0.717) is 19.4 Å². The van der Waals surface area contributed by atoms with Crippen molar-refractivity contribution in [2.75, 3.05) is 19.6 Å². The number of nitrogens with one attached hydrogen (secondary N) is 2. The number of nitrogens with two attached hydrogens (primary N) is 1. The number of carboxylic acid groups (broad SMARTS) is 1. The van der Waals surface area contributed by atoms with Crippen LogP contribution in [0.15, 0.2) is 30.3 Å². The van der Waals surface area contributed by atoms with Gasteiger partial charge in [-0.3, -0.25) is 14.4 Å². The summed E-state index contributed by atoms with van der Waals surface area (Å²) in [6, 6.07) is 7.30. The van der Waals surface area contributed by atoms with Crippen molar-refractivity contribution in [2.45, 2.75) is 31.3 Å². The molecule has 2 atom stereocenters. The van der Waals surface area contributed by atoms with Crippen molar-refractivity contribution in [3.05, 3.63) is 35.9 Å². The van der Waals surface area contributed by atoms with E-state index >= 15 is 0 Å². The van der Waals surface area contributed by atoms with Crippen LogP contribution in [0.4, 0.5) is 0 Å². The molecular weight excluding hydrogens is 352 g/mol. The number of carbonyl (C=O) groups is 4. The molecule has 1 aromatic carbocycles. The second kappa shape index (κ2) is 9.67. The van der Waals surface area contributed by atoms with Crippen LogP contribution in [0.5, 0.6) is 0 Å². The first-order valence-corrected chi connectivity index (χ1v) is 8.75. The number of hydrogen-bond donors (Lipinski definition) is 4. The van der Waals surface area contributed by atoms with Gasteiger partial charge in [0.1, 0.15) is 12.1 Å². The maximum Gasteiger partial charge on any atom is 0.326 e. The molecule has 0 aliphatic carbocycles. The van der Waals surface area contributed by atoms with E-state index in [0.717, 1.165) is 5.56 Å². The van der Waals surface area contributed by atoms with Crippen molar-refractivity contribution in [2.24, 2.45) is 5.73 Å². The number of nitrogens with zero attached hydrogens (tertiary/aromatic N) is 1. The molecule has 2 rings (SSSR count). The van der Waals surface area contributed by atoms with E-state index < -0.39 is 35.8 Å². The number of amides is 3. The summed E-state index contributed by atoms with van der Waals surface area (Å²) in [5.74, 6) is -2.53. The van der Waals surface area contributed by atoms with Gasteiger partial charge in [-0.05, 0) is 18.4 Å². The Bertz CT molecular complexity index is 694. The molecule has 1 fully saturated rings. The number of hydrogen-bond acceptors (Lipinski definition) is 5. The van der Waals surface area contributed by atoms with Gasteiger partial charge in [-0.15, -0.1) is 0 Å². The van der Waals surface area contributed by atoms with Gasteiger partial charge < -0.3 is 26.4 Å². The fraction of sp³-hybridized carbons (Fsp3) is 0.444. The minimum Gasteiger partial charge on any atom is -0.480 e. The van der Waals surface area contributed by atoms with Crippen molar-refractivity contribution < 1.29 is 24.3 Å². The number of carboxylic acids is 1. The summed E-state index contributed by atoms with van der Waals surface area (Å²) < 4.78 is 0. The lowest BCUT2D eigenvalue weighted by atomic mass is 10.0. The third-order valence-corrected chi connectivity index (χ3v) is 4.37. The van der Waals surface area contributed by atoms with Gasteiger partial charge in [-0.25, -0.2) is 4.79 Å². The standard InChI is InChI=1S/C18H24N4O5/c19-10-15(23)20-11-16(24)21-13(9-12-5-2-1-3-6-12)17(25)22-8-4-7-14(22)18(26)27/h1-3,5-6,13-14H,4,7-11,19H2,(H,20,23)(H,21,24)(H,26,27)/t13-,14-/m0/s1. The first kappa shape index (κ1) is 20.4. The first-order chi connectivity index (χ1) is 12.9. The van der Waals surface area contributed by atoms with Crippen molar-refractivity contribution in [3.8, 4) is 0 Å². The smallest absolute Gasteiger partial charge is 0.326 e. The first-order valence-electron chi connectivity index (χ1n) is 8.75. The van der Waals surface area contributed by atoms with Crippen LogP contribution in [-0.4, -0.2) is 65.4 Å². The van der Waals surface area contributed by atoms with Crippen molar-refractivity contribution >= 4 is 23.7 Å². The van der Waals surface area contributed by atoms with Crippen LogP contribution in [0.1, 0.15) is 18.4 Å². The lowest BCUT2D eigenvalue weighted by molar-refractivity contribution is -0.149. The summed E-state index contributed by atoms with van der Waals surface area (Å²) in [5, 5.41) is 14.3. The predicted molar refractivity (Wildman–Crippen MR) is 96.5 cm³/mol.